The lowest BCUT2D eigenvalue weighted by Gasteiger charge is -2.15. The van der Waals surface area contributed by atoms with Crippen LogP contribution in [0.3, 0.4) is 0 Å². The number of rotatable bonds is 7. The largest absolute Gasteiger partial charge is 0.396 e. The summed E-state index contributed by atoms with van der Waals surface area (Å²) in [6.07, 6.45) is 1.99. The summed E-state index contributed by atoms with van der Waals surface area (Å²) in [5.74, 6) is 0. The fourth-order valence-corrected chi connectivity index (χ4v) is 2.27. The second-order valence-electron chi connectivity index (χ2n) is 3.05. The molecule has 0 aromatic carbocycles. The normalized spacial score (nSPS) is 16.0. The fourth-order valence-electron chi connectivity index (χ4n) is 0.998. The quantitative estimate of drug-likeness (QED) is 0.668. The van der Waals surface area contributed by atoms with Crippen molar-refractivity contribution in [3.8, 4) is 0 Å². The SMILES string of the molecule is COCCC(C)SC(C)CCO. The summed E-state index contributed by atoms with van der Waals surface area (Å²) < 4.78 is 4.99. The van der Waals surface area contributed by atoms with E-state index in [1.54, 1.807) is 7.11 Å². The van der Waals surface area contributed by atoms with Gasteiger partial charge in [0.05, 0.1) is 0 Å². The van der Waals surface area contributed by atoms with Crippen LogP contribution in [0.1, 0.15) is 26.7 Å². The molecule has 0 bridgehead atoms. The van der Waals surface area contributed by atoms with Gasteiger partial charge in [0.2, 0.25) is 0 Å². The summed E-state index contributed by atoms with van der Waals surface area (Å²) in [5.41, 5.74) is 0. The number of ether oxygens (including phenoxy) is 1. The number of thioether (sulfide) groups is 1. The second kappa shape index (κ2) is 7.90. The third-order valence-electron chi connectivity index (χ3n) is 1.73. The van der Waals surface area contributed by atoms with Crippen LogP contribution in [-0.2, 0) is 4.74 Å². The van der Waals surface area contributed by atoms with E-state index in [2.05, 4.69) is 13.8 Å². The van der Waals surface area contributed by atoms with Crippen molar-refractivity contribution >= 4 is 11.8 Å². The summed E-state index contributed by atoms with van der Waals surface area (Å²) in [5, 5.41) is 9.88. The average molecular weight is 192 g/mol. The molecule has 0 aliphatic heterocycles. The number of hydrogen-bond donors (Lipinski definition) is 1. The number of hydrogen-bond acceptors (Lipinski definition) is 3. The molecule has 0 fully saturated rings. The number of aliphatic hydroxyl groups excluding tert-OH is 1. The van der Waals surface area contributed by atoms with E-state index in [0.29, 0.717) is 17.1 Å². The first-order valence-corrected chi connectivity index (χ1v) is 5.40. The molecule has 2 atom stereocenters. The molecule has 0 aliphatic carbocycles. The highest BCUT2D eigenvalue weighted by molar-refractivity contribution is 8.00. The first-order chi connectivity index (χ1) is 5.70. The number of aliphatic hydroxyl groups is 1. The maximum absolute atomic E-state index is 8.69. The van der Waals surface area contributed by atoms with Gasteiger partial charge in [-0.2, -0.15) is 11.8 Å². The van der Waals surface area contributed by atoms with E-state index in [1.165, 1.54) is 0 Å². The molecule has 0 rings (SSSR count). The van der Waals surface area contributed by atoms with E-state index < -0.39 is 0 Å². The molecule has 0 spiro atoms. The Morgan fingerprint density at radius 3 is 2.33 bits per heavy atom. The van der Waals surface area contributed by atoms with E-state index in [-0.39, 0.29) is 0 Å². The molecular weight excluding hydrogens is 172 g/mol. The van der Waals surface area contributed by atoms with Crippen LogP contribution < -0.4 is 0 Å². The van der Waals surface area contributed by atoms with Crippen LogP contribution in [0.15, 0.2) is 0 Å². The number of methoxy groups -OCH3 is 1. The second-order valence-corrected chi connectivity index (χ2v) is 4.93. The van der Waals surface area contributed by atoms with Gasteiger partial charge in [0, 0.05) is 30.8 Å². The van der Waals surface area contributed by atoms with E-state index in [0.717, 1.165) is 19.4 Å². The van der Waals surface area contributed by atoms with Gasteiger partial charge in [0.15, 0.2) is 0 Å². The summed E-state index contributed by atoms with van der Waals surface area (Å²) in [7, 11) is 1.73. The molecule has 0 heterocycles. The molecule has 2 unspecified atom stereocenters. The van der Waals surface area contributed by atoms with Crippen molar-refractivity contribution in [1.82, 2.24) is 0 Å². The highest BCUT2D eigenvalue weighted by atomic mass is 32.2. The maximum Gasteiger partial charge on any atom is 0.0472 e. The third-order valence-corrected chi connectivity index (χ3v) is 3.13. The minimum Gasteiger partial charge on any atom is -0.396 e. The molecule has 0 aliphatic rings. The average Bonchev–Trinajstić information content (AvgIpc) is 2.01. The minimum absolute atomic E-state index is 0.297. The van der Waals surface area contributed by atoms with Gasteiger partial charge in [0.25, 0.3) is 0 Å². The molecule has 0 aromatic rings. The van der Waals surface area contributed by atoms with Gasteiger partial charge in [0.1, 0.15) is 0 Å². The van der Waals surface area contributed by atoms with Crippen LogP contribution in [0.5, 0.6) is 0 Å². The highest BCUT2D eigenvalue weighted by Crippen LogP contribution is 2.21. The van der Waals surface area contributed by atoms with Crippen molar-refractivity contribution in [3.63, 3.8) is 0 Å². The first kappa shape index (κ1) is 12.3. The Hall–Kier alpha value is 0.270. The monoisotopic (exact) mass is 192 g/mol. The molecule has 0 aromatic heterocycles. The van der Waals surface area contributed by atoms with E-state index in [4.69, 9.17) is 9.84 Å². The van der Waals surface area contributed by atoms with E-state index >= 15 is 0 Å². The topological polar surface area (TPSA) is 29.5 Å². The Balaban J connectivity index is 3.33. The van der Waals surface area contributed by atoms with Crippen molar-refractivity contribution in [2.24, 2.45) is 0 Å². The highest BCUT2D eigenvalue weighted by Gasteiger charge is 2.07. The smallest absolute Gasteiger partial charge is 0.0472 e. The Bertz CT molecular complexity index is 98.5. The van der Waals surface area contributed by atoms with Crippen LogP contribution in [0.4, 0.5) is 0 Å². The van der Waals surface area contributed by atoms with Gasteiger partial charge >= 0.3 is 0 Å². The van der Waals surface area contributed by atoms with Crippen LogP contribution in [0.25, 0.3) is 0 Å². The van der Waals surface area contributed by atoms with Gasteiger partial charge in [-0.05, 0) is 12.8 Å². The van der Waals surface area contributed by atoms with Crippen molar-refractivity contribution in [3.05, 3.63) is 0 Å². The van der Waals surface area contributed by atoms with Crippen LogP contribution >= 0.6 is 11.8 Å². The van der Waals surface area contributed by atoms with E-state index in [9.17, 15) is 0 Å². The standard InChI is InChI=1S/C9H20O2S/c1-8(4-6-10)12-9(2)5-7-11-3/h8-10H,4-7H2,1-3H3. The lowest BCUT2D eigenvalue weighted by Crippen LogP contribution is -2.08. The lowest BCUT2D eigenvalue weighted by molar-refractivity contribution is 0.195. The predicted molar refractivity (Wildman–Crippen MR) is 54.7 cm³/mol. The Morgan fingerprint density at radius 2 is 1.83 bits per heavy atom. The van der Waals surface area contributed by atoms with Gasteiger partial charge in [-0.1, -0.05) is 13.8 Å². The molecule has 0 radical (unpaired) electrons. The van der Waals surface area contributed by atoms with Crippen LogP contribution in [-0.4, -0.2) is 35.9 Å². The molecule has 3 heteroatoms. The summed E-state index contributed by atoms with van der Waals surface area (Å²) in [6, 6.07) is 0. The molecule has 0 amide bonds. The molecule has 1 N–H and O–H groups in total. The van der Waals surface area contributed by atoms with Crippen molar-refractivity contribution in [1.29, 1.82) is 0 Å². The Kier molecular flexibility index (Phi) is 8.07. The maximum atomic E-state index is 8.69. The lowest BCUT2D eigenvalue weighted by atomic mass is 10.3. The molecule has 0 saturated carbocycles. The third kappa shape index (κ3) is 6.95. The van der Waals surface area contributed by atoms with Gasteiger partial charge in [-0.3, -0.25) is 0 Å². The predicted octanol–water partition coefficient (Wildman–Crippen LogP) is 1.92. The van der Waals surface area contributed by atoms with Crippen molar-refractivity contribution in [2.45, 2.75) is 37.2 Å². The summed E-state index contributed by atoms with van der Waals surface area (Å²) >= 11 is 1.92. The zero-order valence-corrected chi connectivity index (χ0v) is 9.06. The van der Waals surface area contributed by atoms with E-state index in [1.807, 2.05) is 11.8 Å². The van der Waals surface area contributed by atoms with Gasteiger partial charge in [-0.25, -0.2) is 0 Å². The Labute approximate surface area is 79.7 Å². The minimum atomic E-state index is 0.297. The molecular formula is C9H20O2S. The van der Waals surface area contributed by atoms with Gasteiger partial charge < -0.3 is 9.84 Å². The van der Waals surface area contributed by atoms with Crippen LogP contribution in [0, 0.1) is 0 Å². The Morgan fingerprint density at radius 1 is 1.25 bits per heavy atom. The molecule has 12 heavy (non-hydrogen) atoms. The van der Waals surface area contributed by atoms with Crippen LogP contribution in [0.2, 0.25) is 0 Å². The zero-order chi connectivity index (χ0) is 9.40. The molecule has 74 valence electrons. The summed E-state index contributed by atoms with van der Waals surface area (Å²) in [6.45, 7) is 5.49. The molecule has 0 saturated heterocycles. The van der Waals surface area contributed by atoms with Crippen molar-refractivity contribution in [2.75, 3.05) is 20.3 Å². The zero-order valence-electron chi connectivity index (χ0n) is 8.25. The summed E-state index contributed by atoms with van der Waals surface area (Å²) in [4.78, 5) is 0. The van der Waals surface area contributed by atoms with Gasteiger partial charge in [-0.15, -0.1) is 0 Å². The molecule has 2 nitrogen and oxygen atoms in total. The van der Waals surface area contributed by atoms with Crippen molar-refractivity contribution < 1.29 is 9.84 Å². The fraction of sp³-hybridized carbons (Fsp3) is 1.00. The first-order valence-electron chi connectivity index (χ1n) is 4.46.